The van der Waals surface area contributed by atoms with Gasteiger partial charge in [-0.25, -0.2) is 0 Å². The number of carbonyl (C=O) groups is 1. The van der Waals surface area contributed by atoms with Crippen LogP contribution in [0.5, 0.6) is 11.5 Å². The van der Waals surface area contributed by atoms with E-state index in [0.717, 1.165) is 40.0 Å². The standard InChI is InChI=1S/C18H22N2O3S/c1-5-22-15-11(3)10-13(12(4)16(15)23-6-2)8-7-9-14-17(21)20-18(19)24-14/h7-10H,5-6H2,1-4H3,(H2,19,20,21). The van der Waals surface area contributed by atoms with E-state index >= 15 is 0 Å². The third-order valence-electron chi connectivity index (χ3n) is 3.47. The minimum atomic E-state index is -0.232. The van der Waals surface area contributed by atoms with Crippen molar-refractivity contribution in [2.24, 2.45) is 0 Å². The molecule has 1 heterocycles. The first-order chi connectivity index (χ1) is 11.5. The van der Waals surface area contributed by atoms with Gasteiger partial charge in [0.2, 0.25) is 0 Å². The Hall–Kier alpha value is -2.21. The van der Waals surface area contributed by atoms with E-state index in [2.05, 4.69) is 5.32 Å². The van der Waals surface area contributed by atoms with Crippen molar-refractivity contribution in [3.8, 4) is 11.5 Å². The molecule has 6 heteroatoms. The molecule has 1 aliphatic heterocycles. The van der Waals surface area contributed by atoms with E-state index in [9.17, 15) is 4.79 Å². The number of amides is 1. The van der Waals surface area contributed by atoms with Gasteiger partial charge in [0, 0.05) is 5.56 Å². The summed E-state index contributed by atoms with van der Waals surface area (Å²) in [6.07, 6.45) is 5.47. The molecule has 24 heavy (non-hydrogen) atoms. The third kappa shape index (κ3) is 4.00. The van der Waals surface area contributed by atoms with E-state index < -0.39 is 0 Å². The molecule has 1 amide bonds. The number of thioether (sulfide) groups is 1. The van der Waals surface area contributed by atoms with Gasteiger partial charge in [-0.15, -0.1) is 0 Å². The summed E-state index contributed by atoms with van der Waals surface area (Å²) in [6.45, 7) is 9.03. The lowest BCUT2D eigenvalue weighted by Gasteiger charge is -2.17. The topological polar surface area (TPSA) is 71.4 Å². The Morgan fingerprint density at radius 2 is 1.88 bits per heavy atom. The van der Waals surface area contributed by atoms with Crippen LogP contribution in [0.1, 0.15) is 30.5 Å². The molecule has 0 aliphatic carbocycles. The molecule has 1 aromatic rings. The molecule has 1 aromatic carbocycles. The average Bonchev–Trinajstić information content (AvgIpc) is 2.85. The first-order valence-corrected chi connectivity index (χ1v) is 8.65. The van der Waals surface area contributed by atoms with E-state index in [1.807, 2.05) is 45.9 Å². The van der Waals surface area contributed by atoms with Gasteiger partial charge >= 0.3 is 0 Å². The van der Waals surface area contributed by atoms with Crippen molar-refractivity contribution < 1.29 is 14.3 Å². The van der Waals surface area contributed by atoms with Gasteiger partial charge in [0.15, 0.2) is 16.7 Å². The second-order valence-corrected chi connectivity index (χ2v) is 6.26. The minimum absolute atomic E-state index is 0.159. The lowest BCUT2D eigenvalue weighted by atomic mass is 10.0. The molecule has 1 fully saturated rings. The van der Waals surface area contributed by atoms with Crippen LogP contribution in [-0.2, 0) is 4.79 Å². The minimum Gasteiger partial charge on any atom is -0.490 e. The van der Waals surface area contributed by atoms with E-state index in [1.165, 1.54) is 0 Å². The summed E-state index contributed by atoms with van der Waals surface area (Å²) in [4.78, 5) is 12.1. The molecule has 0 atom stereocenters. The first-order valence-electron chi connectivity index (χ1n) is 7.83. The Morgan fingerprint density at radius 3 is 2.46 bits per heavy atom. The van der Waals surface area contributed by atoms with Gasteiger partial charge < -0.3 is 14.8 Å². The molecule has 0 radical (unpaired) electrons. The molecular formula is C18H22N2O3S. The van der Waals surface area contributed by atoms with Crippen molar-refractivity contribution >= 4 is 28.9 Å². The van der Waals surface area contributed by atoms with Crippen LogP contribution in [0.15, 0.2) is 23.1 Å². The van der Waals surface area contributed by atoms with Crippen LogP contribution in [0.3, 0.4) is 0 Å². The molecule has 1 saturated heterocycles. The molecule has 5 nitrogen and oxygen atoms in total. The molecule has 2 rings (SSSR count). The summed E-state index contributed by atoms with van der Waals surface area (Å²) in [5, 5.41) is 10.1. The summed E-state index contributed by atoms with van der Waals surface area (Å²) in [5.41, 5.74) is 3.01. The normalized spacial score (nSPS) is 16.1. The lowest BCUT2D eigenvalue weighted by molar-refractivity contribution is -0.115. The number of allylic oxidation sites excluding steroid dienone is 2. The van der Waals surface area contributed by atoms with E-state index in [0.29, 0.717) is 18.1 Å². The second kappa shape index (κ2) is 8.06. The number of ether oxygens (including phenoxy) is 2. The maximum atomic E-state index is 11.6. The molecular weight excluding hydrogens is 324 g/mol. The zero-order valence-electron chi connectivity index (χ0n) is 14.4. The van der Waals surface area contributed by atoms with E-state index in [1.54, 1.807) is 6.08 Å². The van der Waals surface area contributed by atoms with Crippen molar-refractivity contribution in [2.45, 2.75) is 27.7 Å². The summed E-state index contributed by atoms with van der Waals surface area (Å²) in [5.74, 6) is 1.32. The highest BCUT2D eigenvalue weighted by atomic mass is 32.2. The molecule has 128 valence electrons. The fraction of sp³-hybridized carbons (Fsp3) is 0.333. The molecule has 0 aromatic heterocycles. The fourth-order valence-corrected chi connectivity index (χ4v) is 3.05. The summed E-state index contributed by atoms with van der Waals surface area (Å²) in [6, 6.07) is 2.04. The highest BCUT2D eigenvalue weighted by Crippen LogP contribution is 2.37. The van der Waals surface area contributed by atoms with Crippen molar-refractivity contribution in [3.63, 3.8) is 0 Å². The van der Waals surface area contributed by atoms with Crippen LogP contribution in [0.25, 0.3) is 6.08 Å². The van der Waals surface area contributed by atoms with Gasteiger partial charge in [-0.1, -0.05) is 12.2 Å². The van der Waals surface area contributed by atoms with Crippen molar-refractivity contribution in [1.29, 1.82) is 5.41 Å². The highest BCUT2D eigenvalue weighted by molar-refractivity contribution is 8.18. The fourth-order valence-electron chi connectivity index (χ4n) is 2.40. The van der Waals surface area contributed by atoms with Crippen molar-refractivity contribution in [1.82, 2.24) is 5.32 Å². The number of amidine groups is 1. The zero-order valence-corrected chi connectivity index (χ0v) is 15.2. The molecule has 0 spiro atoms. The van der Waals surface area contributed by atoms with Crippen LogP contribution in [0.2, 0.25) is 0 Å². The number of benzene rings is 1. The molecule has 0 bridgehead atoms. The maximum Gasteiger partial charge on any atom is 0.264 e. The first kappa shape index (κ1) is 18.1. The van der Waals surface area contributed by atoms with Crippen LogP contribution >= 0.6 is 11.8 Å². The summed E-state index contributed by atoms with van der Waals surface area (Å²) in [7, 11) is 0. The molecule has 0 unspecified atom stereocenters. The van der Waals surface area contributed by atoms with E-state index in [4.69, 9.17) is 14.9 Å². The Labute approximate surface area is 146 Å². The number of nitrogens with one attached hydrogen (secondary N) is 2. The lowest BCUT2D eigenvalue weighted by Crippen LogP contribution is -2.18. The summed E-state index contributed by atoms with van der Waals surface area (Å²) < 4.78 is 11.5. The number of hydrogen-bond acceptors (Lipinski definition) is 5. The quantitative estimate of drug-likeness (QED) is 0.769. The van der Waals surface area contributed by atoms with Gasteiger partial charge in [-0.2, -0.15) is 0 Å². The van der Waals surface area contributed by atoms with Crippen LogP contribution in [0.4, 0.5) is 0 Å². The molecule has 0 saturated carbocycles. The van der Waals surface area contributed by atoms with Gasteiger partial charge in [0.25, 0.3) is 5.91 Å². The summed E-state index contributed by atoms with van der Waals surface area (Å²) >= 11 is 1.12. The number of carbonyl (C=O) groups excluding carboxylic acids is 1. The Kier molecular flexibility index (Phi) is 6.09. The van der Waals surface area contributed by atoms with E-state index in [-0.39, 0.29) is 11.1 Å². The van der Waals surface area contributed by atoms with Crippen LogP contribution < -0.4 is 14.8 Å². The second-order valence-electron chi connectivity index (χ2n) is 5.21. The number of rotatable bonds is 6. The van der Waals surface area contributed by atoms with Crippen LogP contribution in [0, 0.1) is 19.3 Å². The Bertz CT molecular complexity index is 723. The monoisotopic (exact) mass is 346 g/mol. The highest BCUT2D eigenvalue weighted by Gasteiger charge is 2.21. The SMILES string of the molecule is CCOc1c(C)cc(C=CC=C2SC(=N)NC2=O)c(C)c1OCC. The Balaban J connectivity index is 2.33. The van der Waals surface area contributed by atoms with Gasteiger partial charge in [-0.3, -0.25) is 10.2 Å². The number of aryl methyl sites for hydroxylation is 1. The maximum absolute atomic E-state index is 11.6. The van der Waals surface area contributed by atoms with Crippen molar-refractivity contribution in [3.05, 3.63) is 39.8 Å². The van der Waals surface area contributed by atoms with Crippen LogP contribution in [-0.4, -0.2) is 24.3 Å². The largest absolute Gasteiger partial charge is 0.490 e. The van der Waals surface area contributed by atoms with Gasteiger partial charge in [0.1, 0.15) is 0 Å². The molecule has 2 N–H and O–H groups in total. The third-order valence-corrected chi connectivity index (χ3v) is 4.32. The molecule has 1 aliphatic rings. The Morgan fingerprint density at radius 1 is 1.21 bits per heavy atom. The zero-order chi connectivity index (χ0) is 17.7. The number of hydrogen-bond donors (Lipinski definition) is 2. The van der Waals surface area contributed by atoms with Crippen molar-refractivity contribution in [2.75, 3.05) is 13.2 Å². The predicted octanol–water partition coefficient (Wildman–Crippen LogP) is 3.80. The predicted molar refractivity (Wildman–Crippen MR) is 98.8 cm³/mol. The van der Waals surface area contributed by atoms with Gasteiger partial charge in [-0.05, 0) is 62.7 Å². The smallest absolute Gasteiger partial charge is 0.264 e. The van der Waals surface area contributed by atoms with Gasteiger partial charge in [0.05, 0.1) is 18.1 Å². The average molecular weight is 346 g/mol.